The van der Waals surface area contributed by atoms with Gasteiger partial charge in [-0.1, -0.05) is 20.3 Å². The van der Waals surface area contributed by atoms with E-state index in [1.165, 1.54) is 12.8 Å². The van der Waals surface area contributed by atoms with Crippen molar-refractivity contribution in [2.45, 2.75) is 32.7 Å². The third-order valence-electron chi connectivity index (χ3n) is 2.11. The molecule has 0 aliphatic carbocycles. The highest BCUT2D eigenvalue weighted by Crippen LogP contribution is 2.11. The molecule has 0 saturated heterocycles. The maximum atomic E-state index is 4.88. The summed E-state index contributed by atoms with van der Waals surface area (Å²) in [7, 11) is 3.66. The number of hydrogen-bond donors (Lipinski definition) is 1. The van der Waals surface area contributed by atoms with Gasteiger partial charge in [0.2, 0.25) is 0 Å². The van der Waals surface area contributed by atoms with E-state index in [1.54, 1.807) is 13.4 Å². The summed E-state index contributed by atoms with van der Waals surface area (Å²) < 4.78 is 4.88. The van der Waals surface area contributed by atoms with Gasteiger partial charge in [0.15, 0.2) is 0 Å². The highest BCUT2D eigenvalue weighted by Gasteiger charge is 2.10. The van der Waals surface area contributed by atoms with Crippen molar-refractivity contribution < 1.29 is 4.74 Å². The Bertz CT molecular complexity index is 123. The second-order valence-corrected chi connectivity index (χ2v) is 3.14. The van der Waals surface area contributed by atoms with E-state index in [9.17, 15) is 0 Å². The molecule has 0 aromatic carbocycles. The maximum absolute atomic E-state index is 4.88. The van der Waals surface area contributed by atoms with Crippen LogP contribution >= 0.6 is 0 Å². The van der Waals surface area contributed by atoms with Gasteiger partial charge in [0.1, 0.15) is 0 Å². The molecule has 2 heteroatoms. The van der Waals surface area contributed by atoms with Gasteiger partial charge in [0.05, 0.1) is 13.4 Å². The number of methoxy groups -OCH3 is 1. The quantitative estimate of drug-likeness (QED) is 0.618. The molecular weight excluding hydrogens is 150 g/mol. The molecule has 0 bridgehead atoms. The minimum absolute atomic E-state index is 0.435. The summed E-state index contributed by atoms with van der Waals surface area (Å²) in [6.45, 7) is 4.47. The molecule has 0 aliphatic rings. The molecule has 0 aromatic rings. The molecule has 0 rings (SSSR count). The molecule has 0 amide bonds. The van der Waals surface area contributed by atoms with Crippen molar-refractivity contribution in [2.75, 3.05) is 14.2 Å². The van der Waals surface area contributed by atoms with Crippen LogP contribution in [-0.2, 0) is 4.74 Å². The second kappa shape index (κ2) is 7.17. The van der Waals surface area contributed by atoms with Crippen molar-refractivity contribution in [3.05, 3.63) is 12.3 Å². The summed E-state index contributed by atoms with van der Waals surface area (Å²) >= 11 is 0. The van der Waals surface area contributed by atoms with Crippen molar-refractivity contribution in [1.82, 2.24) is 5.32 Å². The molecule has 2 nitrogen and oxygen atoms in total. The van der Waals surface area contributed by atoms with Crippen LogP contribution in [0.15, 0.2) is 12.3 Å². The molecule has 0 aliphatic heterocycles. The van der Waals surface area contributed by atoms with E-state index < -0.39 is 0 Å². The van der Waals surface area contributed by atoms with Crippen molar-refractivity contribution >= 4 is 0 Å². The van der Waals surface area contributed by atoms with E-state index in [0.29, 0.717) is 12.0 Å². The monoisotopic (exact) mass is 171 g/mol. The van der Waals surface area contributed by atoms with Gasteiger partial charge in [0, 0.05) is 6.04 Å². The van der Waals surface area contributed by atoms with Crippen LogP contribution in [0.5, 0.6) is 0 Å². The molecule has 0 radical (unpaired) electrons. The lowest BCUT2D eigenvalue weighted by molar-refractivity contribution is 0.329. The Hall–Kier alpha value is -0.500. The van der Waals surface area contributed by atoms with Crippen LogP contribution in [0.4, 0.5) is 0 Å². The fraction of sp³-hybridized carbons (Fsp3) is 0.800. The van der Waals surface area contributed by atoms with Crippen molar-refractivity contribution in [2.24, 2.45) is 5.92 Å². The topological polar surface area (TPSA) is 21.3 Å². The number of nitrogens with one attached hydrogen (secondary N) is 1. The minimum Gasteiger partial charge on any atom is -0.505 e. The van der Waals surface area contributed by atoms with Crippen LogP contribution in [-0.4, -0.2) is 20.2 Å². The zero-order valence-electron chi connectivity index (χ0n) is 8.63. The van der Waals surface area contributed by atoms with Gasteiger partial charge >= 0.3 is 0 Å². The Labute approximate surface area is 76.0 Å². The molecule has 0 saturated carbocycles. The first-order valence-electron chi connectivity index (χ1n) is 4.63. The molecule has 2 unspecified atom stereocenters. The summed E-state index contributed by atoms with van der Waals surface area (Å²) in [5.41, 5.74) is 0. The van der Waals surface area contributed by atoms with Gasteiger partial charge in [-0.05, 0) is 25.5 Å². The third kappa shape index (κ3) is 4.39. The van der Waals surface area contributed by atoms with Crippen molar-refractivity contribution in [1.29, 1.82) is 0 Å². The van der Waals surface area contributed by atoms with Gasteiger partial charge in [-0.15, -0.1) is 0 Å². The summed E-state index contributed by atoms with van der Waals surface area (Å²) in [6.07, 6.45) is 6.30. The van der Waals surface area contributed by atoms with E-state index in [2.05, 4.69) is 25.2 Å². The van der Waals surface area contributed by atoms with E-state index in [0.717, 1.165) is 0 Å². The van der Waals surface area contributed by atoms with Crippen molar-refractivity contribution in [3.8, 4) is 0 Å². The number of hydrogen-bond acceptors (Lipinski definition) is 2. The summed E-state index contributed by atoms with van der Waals surface area (Å²) in [5, 5.41) is 3.25. The smallest absolute Gasteiger partial charge is 0.0800 e. The van der Waals surface area contributed by atoms with Gasteiger partial charge in [-0.3, -0.25) is 0 Å². The Morgan fingerprint density at radius 3 is 2.58 bits per heavy atom. The standard InChI is InChI=1S/C10H21NO/c1-5-6-9(2)10(11-3)7-8-12-4/h7-11H,5-6H2,1-4H3/b8-7+. The molecular formula is C10H21NO. The molecule has 0 fully saturated rings. The second-order valence-electron chi connectivity index (χ2n) is 3.14. The van der Waals surface area contributed by atoms with Gasteiger partial charge in [-0.2, -0.15) is 0 Å². The molecule has 1 N–H and O–H groups in total. The highest BCUT2D eigenvalue weighted by atomic mass is 16.5. The minimum atomic E-state index is 0.435. The fourth-order valence-electron chi connectivity index (χ4n) is 1.37. The SMILES string of the molecule is CCCC(C)C(/C=C/OC)NC. The summed E-state index contributed by atoms with van der Waals surface area (Å²) in [5.74, 6) is 0.673. The number of rotatable bonds is 6. The zero-order chi connectivity index (χ0) is 9.40. The molecule has 0 spiro atoms. The third-order valence-corrected chi connectivity index (χ3v) is 2.11. The van der Waals surface area contributed by atoms with Crippen molar-refractivity contribution in [3.63, 3.8) is 0 Å². The fourth-order valence-corrected chi connectivity index (χ4v) is 1.37. The van der Waals surface area contributed by atoms with Crippen LogP contribution in [0, 0.1) is 5.92 Å². The average molecular weight is 171 g/mol. The van der Waals surface area contributed by atoms with Crippen LogP contribution in [0.2, 0.25) is 0 Å². The van der Waals surface area contributed by atoms with E-state index in [4.69, 9.17) is 4.74 Å². The van der Waals surface area contributed by atoms with Crippen LogP contribution < -0.4 is 5.32 Å². The maximum Gasteiger partial charge on any atom is 0.0800 e. The molecule has 0 aromatic heterocycles. The van der Waals surface area contributed by atoms with Crippen LogP contribution in [0.3, 0.4) is 0 Å². The molecule has 12 heavy (non-hydrogen) atoms. The lowest BCUT2D eigenvalue weighted by atomic mass is 9.97. The molecule has 0 heterocycles. The normalized spacial score (nSPS) is 16.3. The Kier molecular flexibility index (Phi) is 6.87. The van der Waals surface area contributed by atoms with E-state index in [1.807, 2.05) is 7.05 Å². The first kappa shape index (κ1) is 11.5. The zero-order valence-corrected chi connectivity index (χ0v) is 8.63. The van der Waals surface area contributed by atoms with Crippen LogP contribution in [0.25, 0.3) is 0 Å². The largest absolute Gasteiger partial charge is 0.505 e. The lowest BCUT2D eigenvalue weighted by Crippen LogP contribution is -2.29. The molecule has 72 valence electrons. The van der Waals surface area contributed by atoms with Crippen LogP contribution in [0.1, 0.15) is 26.7 Å². The first-order chi connectivity index (χ1) is 5.76. The lowest BCUT2D eigenvalue weighted by Gasteiger charge is -2.19. The Balaban J connectivity index is 3.86. The van der Waals surface area contributed by atoms with E-state index in [-0.39, 0.29) is 0 Å². The number of likely N-dealkylation sites (N-methyl/N-ethyl adjacent to an activating group) is 1. The van der Waals surface area contributed by atoms with E-state index >= 15 is 0 Å². The molecule has 2 atom stereocenters. The first-order valence-corrected chi connectivity index (χ1v) is 4.63. The Morgan fingerprint density at radius 1 is 1.50 bits per heavy atom. The van der Waals surface area contributed by atoms with Gasteiger partial charge in [-0.25, -0.2) is 0 Å². The Morgan fingerprint density at radius 2 is 2.17 bits per heavy atom. The average Bonchev–Trinajstić information content (AvgIpc) is 2.06. The van der Waals surface area contributed by atoms with Gasteiger partial charge < -0.3 is 10.1 Å². The number of ether oxygens (including phenoxy) is 1. The van der Waals surface area contributed by atoms with Gasteiger partial charge in [0.25, 0.3) is 0 Å². The predicted molar refractivity (Wildman–Crippen MR) is 53.1 cm³/mol. The summed E-state index contributed by atoms with van der Waals surface area (Å²) in [6, 6.07) is 0.435. The predicted octanol–water partition coefficient (Wildman–Crippen LogP) is 2.17. The summed E-state index contributed by atoms with van der Waals surface area (Å²) in [4.78, 5) is 0. The highest BCUT2D eigenvalue weighted by molar-refractivity contribution is 4.91.